The highest BCUT2D eigenvalue weighted by Gasteiger charge is 2.21. The maximum absolute atomic E-state index is 11.4. The molecule has 0 amide bonds. The molecule has 0 aliphatic rings. The Morgan fingerprint density at radius 1 is 0.615 bits per heavy atom. The Morgan fingerprint density at radius 3 is 1.42 bits per heavy atom. The van der Waals surface area contributed by atoms with Crippen molar-refractivity contribution in [1.29, 1.82) is 0 Å². The van der Waals surface area contributed by atoms with Crippen LogP contribution < -0.4 is 0 Å². The molecule has 0 radical (unpaired) electrons. The van der Waals surface area contributed by atoms with E-state index in [1.807, 2.05) is 0 Å². The smallest absolute Gasteiger partial charge is 0.267 e. The summed E-state index contributed by atoms with van der Waals surface area (Å²) in [5, 5.41) is 9.42. The molecule has 0 heterocycles. The van der Waals surface area contributed by atoms with Crippen LogP contribution in [0.4, 0.5) is 0 Å². The van der Waals surface area contributed by atoms with Crippen LogP contribution in [0.5, 0.6) is 0 Å². The van der Waals surface area contributed by atoms with Crippen molar-refractivity contribution in [3.63, 3.8) is 0 Å². The first-order valence-corrected chi connectivity index (χ1v) is 12.6. The van der Waals surface area contributed by atoms with Crippen molar-refractivity contribution < 1.29 is 18.1 Å². The largest absolute Gasteiger partial charge is 0.393 e. The van der Waals surface area contributed by atoms with Crippen LogP contribution in [0.2, 0.25) is 0 Å². The summed E-state index contributed by atoms with van der Waals surface area (Å²) < 4.78 is 32.2. The Labute approximate surface area is 162 Å². The Hall–Kier alpha value is -0.130. The minimum absolute atomic E-state index is 0.180. The SMILES string of the molecule is CCCCCCCCC(O)CCCCCCC(CCCCC)S(=O)(=O)O. The van der Waals surface area contributed by atoms with Crippen molar-refractivity contribution in [2.45, 2.75) is 134 Å². The molecule has 0 saturated carbocycles. The van der Waals surface area contributed by atoms with Crippen LogP contribution in [0.1, 0.15) is 123 Å². The van der Waals surface area contributed by atoms with Gasteiger partial charge in [0.15, 0.2) is 0 Å². The fourth-order valence-corrected chi connectivity index (χ4v) is 4.40. The van der Waals surface area contributed by atoms with Gasteiger partial charge in [0.05, 0.1) is 11.4 Å². The molecule has 0 aliphatic carbocycles. The van der Waals surface area contributed by atoms with Crippen molar-refractivity contribution in [2.75, 3.05) is 0 Å². The van der Waals surface area contributed by atoms with E-state index in [0.29, 0.717) is 12.8 Å². The quantitative estimate of drug-likeness (QED) is 0.200. The lowest BCUT2D eigenvalue weighted by Crippen LogP contribution is -2.20. The number of hydrogen-bond donors (Lipinski definition) is 2. The van der Waals surface area contributed by atoms with Gasteiger partial charge in [-0.2, -0.15) is 8.42 Å². The molecule has 4 nitrogen and oxygen atoms in total. The first kappa shape index (κ1) is 25.9. The van der Waals surface area contributed by atoms with Crippen LogP contribution in [-0.4, -0.2) is 29.4 Å². The van der Waals surface area contributed by atoms with Gasteiger partial charge in [-0.25, -0.2) is 0 Å². The summed E-state index contributed by atoms with van der Waals surface area (Å²) in [5.41, 5.74) is 0. The summed E-state index contributed by atoms with van der Waals surface area (Å²) >= 11 is 0. The minimum atomic E-state index is -3.91. The predicted molar refractivity (Wildman–Crippen MR) is 111 cm³/mol. The van der Waals surface area contributed by atoms with Gasteiger partial charge in [0.2, 0.25) is 0 Å². The minimum Gasteiger partial charge on any atom is -0.393 e. The zero-order valence-electron chi connectivity index (χ0n) is 17.3. The third-order valence-electron chi connectivity index (χ3n) is 5.26. The molecule has 0 fully saturated rings. The van der Waals surface area contributed by atoms with Gasteiger partial charge < -0.3 is 5.11 Å². The Bertz CT molecular complexity index is 395. The number of unbranched alkanes of at least 4 members (excludes halogenated alkanes) is 10. The van der Waals surface area contributed by atoms with Gasteiger partial charge in [0.1, 0.15) is 0 Å². The fourth-order valence-electron chi connectivity index (χ4n) is 3.47. The molecule has 0 bridgehead atoms. The van der Waals surface area contributed by atoms with E-state index in [2.05, 4.69) is 13.8 Å². The van der Waals surface area contributed by atoms with Gasteiger partial charge in [-0.3, -0.25) is 4.55 Å². The molecule has 158 valence electrons. The van der Waals surface area contributed by atoms with Gasteiger partial charge in [-0.1, -0.05) is 97.3 Å². The molecule has 0 rings (SSSR count). The van der Waals surface area contributed by atoms with Crippen LogP contribution in [0, 0.1) is 0 Å². The van der Waals surface area contributed by atoms with E-state index in [0.717, 1.165) is 64.2 Å². The molecule has 0 spiro atoms. The molecular formula is C21H44O4S. The van der Waals surface area contributed by atoms with E-state index in [1.54, 1.807) is 0 Å². The lowest BCUT2D eigenvalue weighted by Gasteiger charge is -2.14. The lowest BCUT2D eigenvalue weighted by molar-refractivity contribution is 0.147. The van der Waals surface area contributed by atoms with Crippen molar-refractivity contribution in [1.82, 2.24) is 0 Å². The average molecular weight is 393 g/mol. The van der Waals surface area contributed by atoms with Gasteiger partial charge in [0, 0.05) is 0 Å². The standard InChI is InChI=1S/C21H44O4S/c1-3-5-7-8-9-13-16-20(22)17-14-10-11-15-19-21(26(23,24)25)18-12-6-4-2/h20-22H,3-19H2,1-2H3,(H,23,24,25). The van der Waals surface area contributed by atoms with Crippen LogP contribution in [0.15, 0.2) is 0 Å². The summed E-state index contributed by atoms with van der Waals surface area (Å²) in [7, 11) is -3.91. The third kappa shape index (κ3) is 16.1. The van der Waals surface area contributed by atoms with Crippen molar-refractivity contribution in [2.24, 2.45) is 0 Å². The summed E-state index contributed by atoms with van der Waals surface area (Å²) in [4.78, 5) is 0. The molecule has 2 atom stereocenters. The number of aliphatic hydroxyl groups excluding tert-OH is 1. The highest BCUT2D eigenvalue weighted by Crippen LogP contribution is 2.19. The van der Waals surface area contributed by atoms with E-state index < -0.39 is 15.4 Å². The summed E-state index contributed by atoms with van der Waals surface area (Å²) in [5.74, 6) is 0. The molecule has 5 heteroatoms. The highest BCUT2D eigenvalue weighted by atomic mass is 32.2. The highest BCUT2D eigenvalue weighted by molar-refractivity contribution is 7.86. The van der Waals surface area contributed by atoms with Crippen LogP contribution >= 0.6 is 0 Å². The second-order valence-electron chi connectivity index (χ2n) is 7.83. The predicted octanol–water partition coefficient (Wildman–Crippen LogP) is 6.28. The van der Waals surface area contributed by atoms with Crippen LogP contribution in [-0.2, 0) is 10.1 Å². The molecule has 0 aromatic heterocycles. The summed E-state index contributed by atoms with van der Waals surface area (Å²) in [6.07, 6.45) is 17.0. The van der Waals surface area contributed by atoms with Gasteiger partial charge >= 0.3 is 0 Å². The number of rotatable bonds is 19. The number of hydrogen-bond acceptors (Lipinski definition) is 3. The molecule has 0 saturated heterocycles. The molecule has 0 aromatic rings. The zero-order chi connectivity index (χ0) is 19.7. The second-order valence-corrected chi connectivity index (χ2v) is 9.53. The van der Waals surface area contributed by atoms with E-state index in [-0.39, 0.29) is 6.10 Å². The average Bonchev–Trinajstić information content (AvgIpc) is 2.58. The molecular weight excluding hydrogens is 348 g/mol. The van der Waals surface area contributed by atoms with Gasteiger partial charge in [0.25, 0.3) is 10.1 Å². The molecule has 26 heavy (non-hydrogen) atoms. The van der Waals surface area contributed by atoms with E-state index in [9.17, 15) is 18.1 Å². The monoisotopic (exact) mass is 392 g/mol. The van der Waals surface area contributed by atoms with E-state index in [4.69, 9.17) is 0 Å². The maximum Gasteiger partial charge on any atom is 0.267 e. The Balaban J connectivity index is 3.65. The Kier molecular flexibility index (Phi) is 16.9. The topological polar surface area (TPSA) is 74.6 Å². The second kappa shape index (κ2) is 17.0. The first-order chi connectivity index (χ1) is 12.4. The van der Waals surface area contributed by atoms with Gasteiger partial charge in [-0.05, 0) is 25.7 Å². The number of aliphatic hydroxyl groups is 1. The Morgan fingerprint density at radius 2 is 0.962 bits per heavy atom. The van der Waals surface area contributed by atoms with Crippen molar-refractivity contribution >= 4 is 10.1 Å². The molecule has 0 aliphatic heterocycles. The summed E-state index contributed by atoms with van der Waals surface area (Å²) in [6.45, 7) is 4.31. The summed E-state index contributed by atoms with van der Waals surface area (Å²) in [6, 6.07) is 0. The fraction of sp³-hybridized carbons (Fsp3) is 1.00. The van der Waals surface area contributed by atoms with E-state index in [1.165, 1.54) is 32.1 Å². The normalized spacial score (nSPS) is 14.5. The maximum atomic E-state index is 11.4. The zero-order valence-corrected chi connectivity index (χ0v) is 18.1. The molecule has 0 aromatic carbocycles. The van der Waals surface area contributed by atoms with Crippen LogP contribution in [0.3, 0.4) is 0 Å². The molecule has 2 N–H and O–H groups in total. The lowest BCUT2D eigenvalue weighted by atomic mass is 10.0. The van der Waals surface area contributed by atoms with Gasteiger partial charge in [-0.15, -0.1) is 0 Å². The first-order valence-electron chi connectivity index (χ1n) is 11.1. The van der Waals surface area contributed by atoms with Crippen molar-refractivity contribution in [3.05, 3.63) is 0 Å². The molecule has 2 unspecified atom stereocenters. The van der Waals surface area contributed by atoms with Crippen LogP contribution in [0.25, 0.3) is 0 Å². The van der Waals surface area contributed by atoms with E-state index >= 15 is 0 Å². The third-order valence-corrected chi connectivity index (χ3v) is 6.57. The van der Waals surface area contributed by atoms with Crippen molar-refractivity contribution in [3.8, 4) is 0 Å².